The fourth-order valence-corrected chi connectivity index (χ4v) is 2.16. The molecule has 1 aromatic rings. The summed E-state index contributed by atoms with van der Waals surface area (Å²) >= 11 is 0. The zero-order chi connectivity index (χ0) is 14.5. The second-order valence-electron chi connectivity index (χ2n) is 4.13. The van der Waals surface area contributed by atoms with Gasteiger partial charge in [0.15, 0.2) is 11.5 Å². The quantitative estimate of drug-likeness (QED) is 0.732. The number of aryl methyl sites for hydroxylation is 1. The Hall–Kier alpha value is -1.31. The van der Waals surface area contributed by atoms with Crippen LogP contribution in [-0.2, 0) is 16.5 Å². The molecular formula is C12H19NO5S. The predicted octanol–water partition coefficient (Wildman–Crippen LogP) is 1.20. The van der Waals surface area contributed by atoms with E-state index >= 15 is 0 Å². The average Bonchev–Trinajstić information content (AvgIpc) is 2.37. The van der Waals surface area contributed by atoms with E-state index < -0.39 is 15.5 Å². The normalized spacial score (nSPS) is 13.1. The Balaban J connectivity index is 2.59. The molecule has 1 aromatic carbocycles. The minimum absolute atomic E-state index is 0.202. The Morgan fingerprint density at radius 1 is 1.26 bits per heavy atom. The molecule has 0 aliphatic carbocycles. The van der Waals surface area contributed by atoms with Crippen LogP contribution in [0.5, 0.6) is 11.5 Å². The van der Waals surface area contributed by atoms with Crippen molar-refractivity contribution in [1.29, 1.82) is 0 Å². The Morgan fingerprint density at radius 3 is 2.42 bits per heavy atom. The van der Waals surface area contributed by atoms with Crippen LogP contribution >= 0.6 is 0 Å². The van der Waals surface area contributed by atoms with Crippen LogP contribution < -0.4 is 15.2 Å². The molecule has 0 aliphatic rings. The molecule has 0 heterocycles. The Bertz CT molecular complexity index is 515. The van der Waals surface area contributed by atoms with Crippen LogP contribution in [0, 0.1) is 0 Å². The molecule has 0 spiro atoms. The van der Waals surface area contributed by atoms with Crippen molar-refractivity contribution in [2.45, 2.75) is 24.6 Å². The molecule has 7 heteroatoms. The molecule has 19 heavy (non-hydrogen) atoms. The van der Waals surface area contributed by atoms with Crippen LogP contribution in [0.4, 0.5) is 0 Å². The van der Waals surface area contributed by atoms with Gasteiger partial charge in [0.05, 0.1) is 14.2 Å². The lowest BCUT2D eigenvalue weighted by Gasteiger charge is -2.10. The Morgan fingerprint density at radius 2 is 1.89 bits per heavy atom. The van der Waals surface area contributed by atoms with Crippen LogP contribution in [0.3, 0.4) is 0 Å². The number of hydrogen-bond acceptors (Lipinski definition) is 5. The zero-order valence-corrected chi connectivity index (χ0v) is 11.8. The maximum atomic E-state index is 10.8. The average molecular weight is 289 g/mol. The van der Waals surface area contributed by atoms with Gasteiger partial charge in [0.1, 0.15) is 5.37 Å². The predicted molar refractivity (Wildman–Crippen MR) is 72.0 cm³/mol. The number of methoxy groups -OCH3 is 2. The highest BCUT2D eigenvalue weighted by molar-refractivity contribution is 7.86. The second-order valence-corrected chi connectivity index (χ2v) is 5.77. The number of ether oxygens (including phenoxy) is 2. The number of benzene rings is 1. The minimum Gasteiger partial charge on any atom is -0.493 e. The van der Waals surface area contributed by atoms with Gasteiger partial charge in [0.25, 0.3) is 10.1 Å². The van der Waals surface area contributed by atoms with Crippen molar-refractivity contribution in [3.05, 3.63) is 23.8 Å². The van der Waals surface area contributed by atoms with Crippen molar-refractivity contribution in [2.75, 3.05) is 14.2 Å². The summed E-state index contributed by atoms with van der Waals surface area (Å²) in [5, 5.41) is -1.23. The second kappa shape index (κ2) is 6.74. The standard InChI is InChI=1S/C12H19NO5S/c1-17-10-7-6-9(8-11(10)18-2)4-3-5-12(13)19(14,15)16/h6-8,12H,3-5,13H2,1-2H3,(H,14,15,16). The van der Waals surface area contributed by atoms with E-state index in [1.54, 1.807) is 20.3 Å². The fraction of sp³-hybridized carbons (Fsp3) is 0.500. The van der Waals surface area contributed by atoms with Crippen molar-refractivity contribution < 1.29 is 22.4 Å². The van der Waals surface area contributed by atoms with Gasteiger partial charge in [0.2, 0.25) is 0 Å². The van der Waals surface area contributed by atoms with Crippen molar-refractivity contribution in [3.63, 3.8) is 0 Å². The number of hydrogen-bond donors (Lipinski definition) is 2. The first-order chi connectivity index (χ1) is 8.88. The van der Waals surface area contributed by atoms with Gasteiger partial charge >= 0.3 is 0 Å². The first-order valence-corrected chi connectivity index (χ1v) is 7.31. The Kier molecular flexibility index (Phi) is 5.59. The lowest BCUT2D eigenvalue weighted by atomic mass is 10.1. The van der Waals surface area contributed by atoms with E-state index in [0.717, 1.165) is 5.56 Å². The maximum Gasteiger partial charge on any atom is 0.280 e. The SMILES string of the molecule is COc1ccc(CCCC(N)S(=O)(=O)O)cc1OC. The van der Waals surface area contributed by atoms with Gasteiger partial charge in [-0.25, -0.2) is 0 Å². The molecule has 0 radical (unpaired) electrons. The van der Waals surface area contributed by atoms with E-state index in [1.165, 1.54) is 0 Å². The van der Waals surface area contributed by atoms with Gasteiger partial charge in [-0.15, -0.1) is 0 Å². The van der Waals surface area contributed by atoms with Gasteiger partial charge < -0.3 is 15.2 Å². The van der Waals surface area contributed by atoms with Gasteiger partial charge in [-0.1, -0.05) is 6.07 Å². The summed E-state index contributed by atoms with van der Waals surface area (Å²) in [5.74, 6) is 1.26. The number of rotatable bonds is 7. The van der Waals surface area contributed by atoms with Crippen LogP contribution in [-0.4, -0.2) is 32.6 Å². The molecule has 0 saturated carbocycles. The van der Waals surface area contributed by atoms with E-state index in [0.29, 0.717) is 24.3 Å². The van der Waals surface area contributed by atoms with E-state index in [-0.39, 0.29) is 6.42 Å². The van der Waals surface area contributed by atoms with Gasteiger partial charge in [-0.3, -0.25) is 4.55 Å². The largest absolute Gasteiger partial charge is 0.493 e. The highest BCUT2D eigenvalue weighted by atomic mass is 32.2. The summed E-state index contributed by atoms with van der Waals surface area (Å²) in [6.45, 7) is 0. The summed E-state index contributed by atoms with van der Waals surface area (Å²) in [6.07, 6.45) is 1.40. The lowest BCUT2D eigenvalue weighted by molar-refractivity contribution is 0.354. The van der Waals surface area contributed by atoms with Crippen LogP contribution in [0.2, 0.25) is 0 Å². The summed E-state index contributed by atoms with van der Waals surface area (Å²) in [6, 6.07) is 5.50. The Labute approximate surface area is 113 Å². The van der Waals surface area contributed by atoms with Crippen LogP contribution in [0.15, 0.2) is 18.2 Å². The summed E-state index contributed by atoms with van der Waals surface area (Å²) in [4.78, 5) is 0. The smallest absolute Gasteiger partial charge is 0.280 e. The zero-order valence-electron chi connectivity index (χ0n) is 11.0. The molecule has 108 valence electrons. The first kappa shape index (κ1) is 15.7. The monoisotopic (exact) mass is 289 g/mol. The molecule has 0 amide bonds. The van der Waals surface area contributed by atoms with Gasteiger partial charge in [0, 0.05) is 0 Å². The molecule has 3 N–H and O–H groups in total. The van der Waals surface area contributed by atoms with Crippen molar-refractivity contribution >= 4 is 10.1 Å². The molecule has 0 fully saturated rings. The van der Waals surface area contributed by atoms with Gasteiger partial charge in [-0.05, 0) is 37.0 Å². The van der Waals surface area contributed by atoms with Crippen molar-refractivity contribution in [3.8, 4) is 11.5 Å². The molecular weight excluding hydrogens is 270 g/mol. The highest BCUT2D eigenvalue weighted by Crippen LogP contribution is 2.28. The van der Waals surface area contributed by atoms with E-state index in [4.69, 9.17) is 19.8 Å². The molecule has 1 atom stereocenters. The minimum atomic E-state index is -4.15. The topological polar surface area (TPSA) is 98.9 Å². The molecule has 1 unspecified atom stereocenters. The molecule has 1 rings (SSSR count). The van der Waals surface area contributed by atoms with E-state index in [2.05, 4.69) is 0 Å². The maximum absolute atomic E-state index is 10.8. The first-order valence-electron chi connectivity index (χ1n) is 5.81. The van der Waals surface area contributed by atoms with Crippen LogP contribution in [0.25, 0.3) is 0 Å². The summed E-state index contributed by atoms with van der Waals surface area (Å²) < 4.78 is 40.5. The van der Waals surface area contributed by atoms with Crippen molar-refractivity contribution in [1.82, 2.24) is 0 Å². The summed E-state index contributed by atoms with van der Waals surface area (Å²) in [5.41, 5.74) is 6.32. The molecule has 0 aromatic heterocycles. The molecule has 0 saturated heterocycles. The highest BCUT2D eigenvalue weighted by Gasteiger charge is 2.17. The number of nitrogens with two attached hydrogens (primary N) is 1. The van der Waals surface area contributed by atoms with Crippen LogP contribution in [0.1, 0.15) is 18.4 Å². The van der Waals surface area contributed by atoms with Crippen molar-refractivity contribution in [2.24, 2.45) is 5.73 Å². The van der Waals surface area contributed by atoms with Gasteiger partial charge in [-0.2, -0.15) is 8.42 Å². The lowest BCUT2D eigenvalue weighted by Crippen LogP contribution is -2.29. The third-order valence-corrected chi connectivity index (χ3v) is 3.79. The molecule has 0 bridgehead atoms. The fourth-order valence-electron chi connectivity index (χ4n) is 1.69. The third kappa shape index (κ3) is 4.70. The summed E-state index contributed by atoms with van der Waals surface area (Å²) in [7, 11) is -1.04. The molecule has 6 nitrogen and oxygen atoms in total. The third-order valence-electron chi connectivity index (χ3n) is 2.78. The van der Waals surface area contributed by atoms with E-state index in [9.17, 15) is 8.42 Å². The molecule has 0 aliphatic heterocycles. The van der Waals surface area contributed by atoms with E-state index in [1.807, 2.05) is 12.1 Å².